The lowest BCUT2D eigenvalue weighted by Crippen LogP contribution is -2.55. The van der Waals surface area contributed by atoms with Gasteiger partial charge in [0, 0.05) is 31.6 Å². The molecule has 0 saturated carbocycles. The van der Waals surface area contributed by atoms with Crippen molar-refractivity contribution in [2.75, 3.05) is 20.2 Å². The van der Waals surface area contributed by atoms with Crippen LogP contribution < -0.4 is 10.1 Å². The Morgan fingerprint density at radius 1 is 1.31 bits per heavy atom. The molecule has 1 aromatic rings. The lowest BCUT2D eigenvalue weighted by molar-refractivity contribution is -0.144. The lowest BCUT2D eigenvalue weighted by Gasteiger charge is -2.41. The van der Waals surface area contributed by atoms with E-state index in [1.54, 1.807) is 7.11 Å². The molecule has 1 spiro atoms. The Bertz CT molecular complexity index is 738. The number of likely N-dealkylation sites (tertiary alicyclic amines) is 1. The highest BCUT2D eigenvalue weighted by molar-refractivity contribution is 5.88. The van der Waals surface area contributed by atoms with Crippen molar-refractivity contribution in [2.24, 2.45) is 5.92 Å². The van der Waals surface area contributed by atoms with Gasteiger partial charge < -0.3 is 15.2 Å². The number of nitrogens with zero attached hydrogens (tertiary/aromatic N) is 1. The van der Waals surface area contributed by atoms with Crippen molar-refractivity contribution in [3.8, 4) is 5.75 Å². The fraction of sp³-hybridized carbons (Fsp3) is 0.600. The van der Waals surface area contributed by atoms with Gasteiger partial charge in [-0.1, -0.05) is 6.07 Å². The minimum Gasteiger partial charge on any atom is -0.496 e. The van der Waals surface area contributed by atoms with Crippen LogP contribution in [0.3, 0.4) is 0 Å². The van der Waals surface area contributed by atoms with Gasteiger partial charge in [-0.2, -0.15) is 0 Å². The van der Waals surface area contributed by atoms with Gasteiger partial charge in [0.2, 0.25) is 5.91 Å². The maximum absolute atomic E-state index is 11.8. The van der Waals surface area contributed by atoms with E-state index in [-0.39, 0.29) is 12.3 Å². The van der Waals surface area contributed by atoms with Crippen molar-refractivity contribution in [1.29, 1.82) is 0 Å². The number of hydrogen-bond donors (Lipinski definition) is 2. The second-order valence-corrected chi connectivity index (χ2v) is 7.86. The molecular weight excluding hydrogens is 332 g/mol. The Hall–Kier alpha value is -2.08. The average Bonchev–Trinajstić information content (AvgIpc) is 3.20. The molecule has 2 N–H and O–H groups in total. The number of methoxy groups -OCH3 is 1. The zero-order valence-corrected chi connectivity index (χ0v) is 15.2. The number of carboxylic acid groups (broad SMARTS) is 1. The first-order chi connectivity index (χ1) is 12.5. The molecule has 6 heteroatoms. The number of amides is 1. The standard InChI is InChI=1S/C20H26N2O4/c1-26-17-10-14-4-2-3-13(14)9-15(17)12-22-7-5-20(6-8-22)16(19(24)25)11-18(23)21-20/h9-10,16H,2-8,11-12H2,1H3,(H,21,23)(H,24,25). The molecule has 0 bridgehead atoms. The highest BCUT2D eigenvalue weighted by atomic mass is 16.5. The van der Waals surface area contributed by atoms with Gasteiger partial charge in [0.25, 0.3) is 0 Å². The number of carboxylic acids is 1. The van der Waals surface area contributed by atoms with Crippen LogP contribution in [-0.4, -0.2) is 47.6 Å². The molecule has 140 valence electrons. The zero-order valence-electron chi connectivity index (χ0n) is 15.2. The van der Waals surface area contributed by atoms with E-state index < -0.39 is 17.4 Å². The van der Waals surface area contributed by atoms with Crippen LogP contribution in [0.25, 0.3) is 0 Å². The molecule has 1 amide bonds. The number of rotatable bonds is 4. The number of benzene rings is 1. The van der Waals surface area contributed by atoms with E-state index in [2.05, 4.69) is 22.3 Å². The van der Waals surface area contributed by atoms with Gasteiger partial charge in [0.05, 0.1) is 18.6 Å². The number of carbonyl (C=O) groups is 2. The molecule has 2 fully saturated rings. The van der Waals surface area contributed by atoms with Crippen LogP contribution in [0, 0.1) is 5.92 Å². The summed E-state index contributed by atoms with van der Waals surface area (Å²) in [7, 11) is 1.72. The third-order valence-electron chi connectivity index (χ3n) is 6.38. The maximum atomic E-state index is 11.8. The smallest absolute Gasteiger partial charge is 0.309 e. The monoisotopic (exact) mass is 358 g/mol. The SMILES string of the molecule is COc1cc2c(cc1CN1CCC3(CC1)NC(=O)CC3C(=O)O)CCC2. The number of aliphatic carboxylic acids is 1. The maximum Gasteiger partial charge on any atom is 0.309 e. The predicted octanol–water partition coefficient (Wildman–Crippen LogP) is 1.74. The van der Waals surface area contributed by atoms with Gasteiger partial charge in [-0.25, -0.2) is 0 Å². The summed E-state index contributed by atoms with van der Waals surface area (Å²) in [6.45, 7) is 2.37. The molecule has 0 radical (unpaired) electrons. The molecule has 2 heterocycles. The number of aryl methyl sites for hydroxylation is 2. The van der Waals surface area contributed by atoms with Gasteiger partial charge >= 0.3 is 5.97 Å². The number of carbonyl (C=O) groups excluding carboxylic acids is 1. The number of nitrogens with one attached hydrogen (secondary N) is 1. The van der Waals surface area contributed by atoms with Gasteiger partial charge in [-0.15, -0.1) is 0 Å². The Morgan fingerprint density at radius 2 is 2.00 bits per heavy atom. The number of hydrogen-bond acceptors (Lipinski definition) is 4. The van der Waals surface area contributed by atoms with Crippen molar-refractivity contribution >= 4 is 11.9 Å². The summed E-state index contributed by atoms with van der Waals surface area (Å²) in [4.78, 5) is 25.7. The highest BCUT2D eigenvalue weighted by Gasteiger charge is 2.51. The average molecular weight is 358 g/mol. The van der Waals surface area contributed by atoms with Crippen LogP contribution >= 0.6 is 0 Å². The first-order valence-electron chi connectivity index (χ1n) is 9.45. The van der Waals surface area contributed by atoms with Gasteiger partial charge in [-0.3, -0.25) is 14.5 Å². The normalized spacial score (nSPS) is 24.5. The van der Waals surface area contributed by atoms with E-state index >= 15 is 0 Å². The molecule has 1 aliphatic carbocycles. The minimum absolute atomic E-state index is 0.105. The molecule has 0 aromatic heterocycles. The summed E-state index contributed by atoms with van der Waals surface area (Å²) in [5, 5.41) is 12.5. The first kappa shape index (κ1) is 17.3. The Balaban J connectivity index is 1.46. The summed E-state index contributed by atoms with van der Waals surface area (Å²) in [6.07, 6.45) is 4.96. The molecule has 6 nitrogen and oxygen atoms in total. The van der Waals surface area contributed by atoms with E-state index in [1.165, 1.54) is 23.1 Å². The third-order valence-corrected chi connectivity index (χ3v) is 6.38. The van der Waals surface area contributed by atoms with Crippen molar-refractivity contribution in [2.45, 2.75) is 50.6 Å². The summed E-state index contributed by atoms with van der Waals surface area (Å²) in [5.74, 6) is -0.654. The fourth-order valence-electron chi connectivity index (χ4n) is 4.91. The van der Waals surface area contributed by atoms with Crippen molar-refractivity contribution in [3.63, 3.8) is 0 Å². The number of ether oxygens (including phenoxy) is 1. The lowest BCUT2D eigenvalue weighted by atomic mass is 9.77. The molecule has 2 aliphatic heterocycles. The third kappa shape index (κ3) is 2.96. The summed E-state index contributed by atoms with van der Waals surface area (Å²) < 4.78 is 5.61. The quantitative estimate of drug-likeness (QED) is 0.857. The van der Waals surface area contributed by atoms with Crippen LogP contribution in [0.15, 0.2) is 12.1 Å². The molecule has 3 aliphatic rings. The van der Waals surface area contributed by atoms with Gasteiger partial charge in [-0.05, 0) is 49.3 Å². The van der Waals surface area contributed by atoms with E-state index in [4.69, 9.17) is 4.74 Å². The molecule has 1 aromatic carbocycles. The molecule has 2 saturated heterocycles. The van der Waals surface area contributed by atoms with Crippen LogP contribution in [-0.2, 0) is 29.0 Å². The van der Waals surface area contributed by atoms with E-state index in [1.807, 2.05) is 0 Å². The van der Waals surface area contributed by atoms with Crippen molar-refractivity contribution < 1.29 is 19.4 Å². The van der Waals surface area contributed by atoms with Crippen LogP contribution in [0.2, 0.25) is 0 Å². The highest BCUT2D eigenvalue weighted by Crippen LogP contribution is 2.38. The fourth-order valence-corrected chi connectivity index (χ4v) is 4.91. The Kier molecular flexibility index (Phi) is 4.39. The van der Waals surface area contributed by atoms with E-state index in [0.29, 0.717) is 12.8 Å². The molecule has 1 unspecified atom stereocenters. The molecule has 26 heavy (non-hydrogen) atoms. The summed E-state index contributed by atoms with van der Waals surface area (Å²) in [6, 6.07) is 4.46. The Morgan fingerprint density at radius 3 is 2.65 bits per heavy atom. The largest absolute Gasteiger partial charge is 0.496 e. The number of fused-ring (bicyclic) bond motifs is 1. The van der Waals surface area contributed by atoms with Gasteiger partial charge in [0.15, 0.2) is 0 Å². The second-order valence-electron chi connectivity index (χ2n) is 7.86. The topological polar surface area (TPSA) is 78.9 Å². The summed E-state index contributed by atoms with van der Waals surface area (Å²) >= 11 is 0. The van der Waals surface area contributed by atoms with E-state index in [0.717, 1.165) is 38.2 Å². The Labute approximate surface area is 153 Å². The predicted molar refractivity (Wildman–Crippen MR) is 96.1 cm³/mol. The van der Waals surface area contributed by atoms with E-state index in [9.17, 15) is 14.7 Å². The van der Waals surface area contributed by atoms with Crippen LogP contribution in [0.5, 0.6) is 5.75 Å². The molecular formula is C20H26N2O4. The summed E-state index contributed by atoms with van der Waals surface area (Å²) in [5.41, 5.74) is 3.47. The zero-order chi connectivity index (χ0) is 18.3. The van der Waals surface area contributed by atoms with Crippen LogP contribution in [0.1, 0.15) is 42.4 Å². The molecule has 4 rings (SSSR count). The van der Waals surface area contributed by atoms with Crippen molar-refractivity contribution in [3.05, 3.63) is 28.8 Å². The van der Waals surface area contributed by atoms with Crippen molar-refractivity contribution in [1.82, 2.24) is 10.2 Å². The first-order valence-corrected chi connectivity index (χ1v) is 9.45. The minimum atomic E-state index is -0.864. The van der Waals surface area contributed by atoms with Crippen LogP contribution in [0.4, 0.5) is 0 Å². The number of piperidine rings is 1. The second kappa shape index (κ2) is 6.58. The van der Waals surface area contributed by atoms with Gasteiger partial charge in [0.1, 0.15) is 5.75 Å². The molecule has 1 atom stereocenters.